The van der Waals surface area contributed by atoms with Crippen LogP contribution in [-0.2, 0) is 12.5 Å². The van der Waals surface area contributed by atoms with Gasteiger partial charge in [-0.1, -0.05) is 38.4 Å². The lowest BCUT2D eigenvalue weighted by molar-refractivity contribution is 0.102. The van der Waals surface area contributed by atoms with Crippen LogP contribution in [-0.4, -0.2) is 20.7 Å². The Kier molecular flexibility index (Phi) is 4.05. The van der Waals surface area contributed by atoms with Crippen LogP contribution in [0.4, 0.5) is 5.69 Å². The van der Waals surface area contributed by atoms with Gasteiger partial charge in [0.1, 0.15) is 5.15 Å². The zero-order valence-electron chi connectivity index (χ0n) is 14.1. The third kappa shape index (κ3) is 2.99. The van der Waals surface area contributed by atoms with Gasteiger partial charge in [-0.25, -0.2) is 4.98 Å². The fraction of sp³-hybridized carbons (Fsp3) is 0.278. The van der Waals surface area contributed by atoms with Crippen molar-refractivity contribution in [1.29, 1.82) is 0 Å². The number of aryl methyl sites for hydroxylation is 1. The predicted molar refractivity (Wildman–Crippen MR) is 96.6 cm³/mol. The maximum absolute atomic E-state index is 12.6. The van der Waals surface area contributed by atoms with Crippen LogP contribution in [0.3, 0.4) is 0 Å². The average Bonchev–Trinajstić information content (AvgIpc) is 2.89. The molecule has 1 aromatic carbocycles. The van der Waals surface area contributed by atoms with Crippen molar-refractivity contribution in [1.82, 2.24) is 14.8 Å². The topological polar surface area (TPSA) is 59.8 Å². The summed E-state index contributed by atoms with van der Waals surface area (Å²) in [5, 5.41) is 8.20. The summed E-state index contributed by atoms with van der Waals surface area (Å²) in [6, 6.07) is 9.22. The van der Waals surface area contributed by atoms with E-state index in [1.54, 1.807) is 16.9 Å². The Morgan fingerprint density at radius 3 is 2.62 bits per heavy atom. The highest BCUT2D eigenvalue weighted by molar-refractivity contribution is 6.33. The molecule has 0 unspecified atom stereocenters. The molecule has 0 saturated carbocycles. The minimum atomic E-state index is -0.288. The molecule has 2 heterocycles. The van der Waals surface area contributed by atoms with Gasteiger partial charge in [0, 0.05) is 23.5 Å². The van der Waals surface area contributed by atoms with Crippen LogP contribution in [0.2, 0.25) is 5.15 Å². The number of hydrogen-bond donors (Lipinski definition) is 1. The van der Waals surface area contributed by atoms with E-state index in [9.17, 15) is 4.79 Å². The van der Waals surface area contributed by atoms with E-state index in [1.165, 1.54) is 0 Å². The Bertz CT molecular complexity index is 924. The number of benzene rings is 1. The van der Waals surface area contributed by atoms with Gasteiger partial charge in [-0.3, -0.25) is 9.48 Å². The maximum atomic E-state index is 12.6. The Balaban J connectivity index is 1.92. The van der Waals surface area contributed by atoms with E-state index >= 15 is 0 Å². The number of nitrogens with one attached hydrogen (secondary N) is 1. The molecule has 0 aliphatic heterocycles. The molecule has 1 N–H and O–H groups in total. The first-order chi connectivity index (χ1) is 11.3. The number of aromatic nitrogens is 3. The van der Waals surface area contributed by atoms with Crippen LogP contribution in [0.25, 0.3) is 10.9 Å². The molecular weight excluding hydrogens is 324 g/mol. The Labute approximate surface area is 145 Å². The smallest absolute Gasteiger partial charge is 0.258 e. The third-order valence-corrected chi connectivity index (χ3v) is 4.19. The summed E-state index contributed by atoms with van der Waals surface area (Å²) < 4.78 is 1.76. The summed E-state index contributed by atoms with van der Waals surface area (Å²) in [4.78, 5) is 16.9. The molecule has 124 valence electrons. The van der Waals surface area contributed by atoms with Crippen LogP contribution >= 0.6 is 11.6 Å². The molecule has 0 aliphatic carbocycles. The monoisotopic (exact) mass is 342 g/mol. The molecule has 5 nitrogen and oxygen atoms in total. The molecule has 0 aliphatic rings. The van der Waals surface area contributed by atoms with E-state index in [4.69, 9.17) is 11.6 Å². The van der Waals surface area contributed by atoms with E-state index in [0.717, 1.165) is 16.6 Å². The largest absolute Gasteiger partial charge is 0.321 e. The first kappa shape index (κ1) is 16.5. The highest BCUT2D eigenvalue weighted by Gasteiger charge is 2.19. The molecule has 0 atom stereocenters. The number of carbonyl (C=O) groups excluding carboxylic acids is 1. The second-order valence-electron chi connectivity index (χ2n) is 6.75. The number of carbonyl (C=O) groups is 1. The lowest BCUT2D eigenvalue weighted by Gasteiger charge is -2.18. The Morgan fingerprint density at radius 1 is 1.21 bits per heavy atom. The minimum Gasteiger partial charge on any atom is -0.321 e. The summed E-state index contributed by atoms with van der Waals surface area (Å²) in [5.74, 6) is -0.288. The Morgan fingerprint density at radius 2 is 1.96 bits per heavy atom. The summed E-state index contributed by atoms with van der Waals surface area (Å²) in [6.45, 7) is 6.15. The van der Waals surface area contributed by atoms with Gasteiger partial charge >= 0.3 is 0 Å². The number of anilines is 1. The van der Waals surface area contributed by atoms with Crippen molar-refractivity contribution in [3.05, 3.63) is 52.9 Å². The summed E-state index contributed by atoms with van der Waals surface area (Å²) in [7, 11) is 1.86. The fourth-order valence-corrected chi connectivity index (χ4v) is 2.74. The fourth-order valence-electron chi connectivity index (χ4n) is 2.50. The number of halogens is 1. The average molecular weight is 343 g/mol. The first-order valence-corrected chi connectivity index (χ1v) is 8.04. The summed E-state index contributed by atoms with van der Waals surface area (Å²) >= 11 is 6.23. The number of pyridine rings is 1. The molecule has 0 fully saturated rings. The van der Waals surface area contributed by atoms with Crippen LogP contribution in [0, 0.1) is 0 Å². The van der Waals surface area contributed by atoms with Crippen LogP contribution in [0.5, 0.6) is 0 Å². The molecule has 0 saturated heterocycles. The molecule has 2 aromatic heterocycles. The predicted octanol–water partition coefficient (Wildman–Crippen LogP) is 4.17. The summed E-state index contributed by atoms with van der Waals surface area (Å²) in [5.41, 5.74) is 2.71. The van der Waals surface area contributed by atoms with Gasteiger partial charge in [0.2, 0.25) is 0 Å². The van der Waals surface area contributed by atoms with Gasteiger partial charge in [0.25, 0.3) is 5.91 Å². The minimum absolute atomic E-state index is 0.125. The van der Waals surface area contributed by atoms with Crippen LogP contribution < -0.4 is 5.32 Å². The van der Waals surface area contributed by atoms with Gasteiger partial charge in [-0.2, -0.15) is 5.10 Å². The zero-order valence-corrected chi connectivity index (χ0v) is 14.8. The highest BCUT2D eigenvalue weighted by Crippen LogP contribution is 2.26. The SMILES string of the molecule is Cn1ncc2c(NC(=O)c3ccc(C(C)(C)C)nc3Cl)cccc21. The zero-order chi connectivity index (χ0) is 17.5. The summed E-state index contributed by atoms with van der Waals surface area (Å²) in [6.07, 6.45) is 1.73. The van der Waals surface area contributed by atoms with E-state index < -0.39 is 0 Å². The van der Waals surface area contributed by atoms with E-state index in [1.807, 2.05) is 31.3 Å². The maximum Gasteiger partial charge on any atom is 0.258 e. The number of rotatable bonds is 2. The number of amides is 1. The lowest BCUT2D eigenvalue weighted by Crippen LogP contribution is -2.17. The molecule has 6 heteroatoms. The molecule has 0 bridgehead atoms. The molecule has 0 spiro atoms. The molecule has 0 radical (unpaired) electrons. The van der Waals surface area contributed by atoms with Crippen molar-refractivity contribution in [2.75, 3.05) is 5.32 Å². The van der Waals surface area contributed by atoms with Crippen LogP contribution in [0.1, 0.15) is 36.8 Å². The van der Waals surface area contributed by atoms with Crippen molar-refractivity contribution in [3.63, 3.8) is 0 Å². The highest BCUT2D eigenvalue weighted by atomic mass is 35.5. The van der Waals surface area contributed by atoms with Crippen molar-refractivity contribution in [2.45, 2.75) is 26.2 Å². The van der Waals surface area contributed by atoms with Crippen molar-refractivity contribution >= 4 is 34.1 Å². The second kappa shape index (κ2) is 5.91. The quantitative estimate of drug-likeness (QED) is 0.711. The number of nitrogens with zero attached hydrogens (tertiary/aromatic N) is 3. The number of hydrogen-bond acceptors (Lipinski definition) is 3. The van der Waals surface area contributed by atoms with Crippen molar-refractivity contribution < 1.29 is 4.79 Å². The normalized spacial score (nSPS) is 11.7. The van der Waals surface area contributed by atoms with Gasteiger partial charge in [-0.05, 0) is 24.3 Å². The number of fused-ring (bicyclic) bond motifs is 1. The van der Waals surface area contributed by atoms with E-state index in [0.29, 0.717) is 11.3 Å². The molecular formula is C18H19ClN4O. The van der Waals surface area contributed by atoms with Crippen molar-refractivity contribution in [2.24, 2.45) is 7.05 Å². The molecule has 1 amide bonds. The van der Waals surface area contributed by atoms with E-state index in [2.05, 4.69) is 36.2 Å². The van der Waals surface area contributed by atoms with Crippen LogP contribution in [0.15, 0.2) is 36.5 Å². The Hall–Kier alpha value is -2.40. The van der Waals surface area contributed by atoms with Gasteiger partial charge < -0.3 is 5.32 Å². The molecule has 3 rings (SSSR count). The van der Waals surface area contributed by atoms with Crippen molar-refractivity contribution in [3.8, 4) is 0 Å². The molecule has 24 heavy (non-hydrogen) atoms. The molecule has 3 aromatic rings. The third-order valence-electron chi connectivity index (χ3n) is 3.90. The lowest BCUT2D eigenvalue weighted by atomic mass is 9.91. The van der Waals surface area contributed by atoms with Gasteiger partial charge in [-0.15, -0.1) is 0 Å². The van der Waals surface area contributed by atoms with Gasteiger partial charge in [0.05, 0.1) is 23.0 Å². The van der Waals surface area contributed by atoms with Gasteiger partial charge in [0.15, 0.2) is 0 Å². The van der Waals surface area contributed by atoms with E-state index in [-0.39, 0.29) is 16.5 Å². The first-order valence-electron chi connectivity index (χ1n) is 7.66. The standard InChI is InChI=1S/C18H19ClN4O/c1-18(2,3)15-9-8-11(16(19)22-15)17(24)21-13-6-5-7-14-12(13)10-20-23(14)4/h5-10H,1-4H3,(H,21,24). The second-order valence-corrected chi connectivity index (χ2v) is 7.10.